The summed E-state index contributed by atoms with van der Waals surface area (Å²) in [4.78, 5) is 40.1. The second-order valence-electron chi connectivity index (χ2n) is 11.0. The Kier molecular flexibility index (Phi) is 11.3. The first kappa shape index (κ1) is 34.3. The summed E-state index contributed by atoms with van der Waals surface area (Å²) in [5.74, 6) is 1.97. The summed E-state index contributed by atoms with van der Waals surface area (Å²) in [5, 5.41) is 8.45. The normalized spacial score (nSPS) is 11.0. The van der Waals surface area contributed by atoms with E-state index in [4.69, 9.17) is 13.9 Å². The monoisotopic (exact) mass is 695 g/mol. The number of furan rings is 1. The third-order valence-corrected chi connectivity index (χ3v) is 8.43. The van der Waals surface area contributed by atoms with E-state index < -0.39 is 11.8 Å². The number of para-hydroxylation sites is 2. The fraction of sp³-hybridized carbons (Fsp3) is 0.0488. The van der Waals surface area contributed by atoms with Crippen molar-refractivity contribution in [2.75, 3.05) is 23.5 Å². The first-order valence-electron chi connectivity index (χ1n) is 15.9. The van der Waals surface area contributed by atoms with Crippen LogP contribution < -0.4 is 25.4 Å². The van der Waals surface area contributed by atoms with Crippen LogP contribution in [0.25, 0.3) is 17.4 Å². The van der Waals surface area contributed by atoms with Crippen molar-refractivity contribution in [3.05, 3.63) is 163 Å². The number of hydrogen-bond acceptors (Lipinski definition) is 7. The molecular formula is C41H33N3O6S. The van der Waals surface area contributed by atoms with Gasteiger partial charge in [0.1, 0.15) is 34.5 Å². The molecule has 0 saturated carbocycles. The Morgan fingerprint density at radius 3 is 2.04 bits per heavy atom. The van der Waals surface area contributed by atoms with Gasteiger partial charge in [0.2, 0.25) is 5.91 Å². The van der Waals surface area contributed by atoms with Gasteiger partial charge in [-0.25, -0.2) is 0 Å². The average molecular weight is 696 g/mol. The molecule has 0 fully saturated rings. The number of methoxy groups -OCH3 is 1. The zero-order valence-corrected chi connectivity index (χ0v) is 28.3. The SMILES string of the molecule is COc1ccccc1-c1ccc(C=C(NC(=O)c2ccccc2)C(=O)Nc2ccc(SCC(=O)Nc3ccc(Oc4ccccc4)cc3)cc2)o1. The molecule has 254 valence electrons. The Balaban J connectivity index is 1.08. The molecule has 0 bridgehead atoms. The van der Waals surface area contributed by atoms with E-state index in [-0.39, 0.29) is 17.4 Å². The molecule has 0 aliphatic heterocycles. The van der Waals surface area contributed by atoms with Crippen LogP contribution in [0.5, 0.6) is 17.2 Å². The highest BCUT2D eigenvalue weighted by atomic mass is 32.2. The molecule has 0 unspecified atom stereocenters. The Labute approximate surface area is 299 Å². The molecule has 3 N–H and O–H groups in total. The molecule has 5 aromatic carbocycles. The van der Waals surface area contributed by atoms with Gasteiger partial charge in [0.05, 0.1) is 18.4 Å². The van der Waals surface area contributed by atoms with Crippen molar-refractivity contribution in [1.29, 1.82) is 0 Å². The number of carbonyl (C=O) groups excluding carboxylic acids is 3. The minimum absolute atomic E-state index is 0.0143. The topological polar surface area (TPSA) is 119 Å². The van der Waals surface area contributed by atoms with Gasteiger partial charge >= 0.3 is 0 Å². The van der Waals surface area contributed by atoms with Gasteiger partial charge in [0, 0.05) is 27.9 Å². The van der Waals surface area contributed by atoms with Gasteiger partial charge in [-0.2, -0.15) is 0 Å². The predicted molar refractivity (Wildman–Crippen MR) is 200 cm³/mol. The van der Waals surface area contributed by atoms with Crippen LogP contribution in [0, 0.1) is 0 Å². The van der Waals surface area contributed by atoms with Gasteiger partial charge in [-0.3, -0.25) is 14.4 Å². The van der Waals surface area contributed by atoms with E-state index in [2.05, 4.69) is 16.0 Å². The van der Waals surface area contributed by atoms with Crippen molar-refractivity contribution in [1.82, 2.24) is 5.32 Å². The van der Waals surface area contributed by atoms with Crippen LogP contribution in [0.4, 0.5) is 11.4 Å². The molecule has 0 radical (unpaired) electrons. The molecule has 51 heavy (non-hydrogen) atoms. The summed E-state index contributed by atoms with van der Waals surface area (Å²) < 4.78 is 17.3. The van der Waals surface area contributed by atoms with E-state index in [0.29, 0.717) is 40.0 Å². The lowest BCUT2D eigenvalue weighted by molar-refractivity contribution is -0.114. The Morgan fingerprint density at radius 1 is 0.686 bits per heavy atom. The molecule has 0 saturated heterocycles. The summed E-state index contributed by atoms with van der Waals surface area (Å²) in [5.41, 5.74) is 2.29. The van der Waals surface area contributed by atoms with E-state index >= 15 is 0 Å². The molecule has 3 amide bonds. The second kappa shape index (κ2) is 16.7. The Hall–Kier alpha value is -6.52. The molecule has 10 heteroatoms. The van der Waals surface area contributed by atoms with Gasteiger partial charge in [-0.15, -0.1) is 11.8 Å². The standard InChI is InChI=1S/C41H33N3O6S/c1-48-37-15-9-8-14-35(37)38-25-22-33(50-38)26-36(44-40(46)28-10-4-2-5-11-28)41(47)43-30-18-23-34(24-19-30)51-27-39(45)42-29-16-20-32(21-17-29)49-31-12-6-3-7-13-31/h2-26H,27H2,1H3,(H,42,45)(H,43,47)(H,44,46). The maximum atomic E-state index is 13.5. The van der Waals surface area contributed by atoms with E-state index in [1.54, 1.807) is 98.1 Å². The minimum Gasteiger partial charge on any atom is -0.496 e. The van der Waals surface area contributed by atoms with Gasteiger partial charge in [0.25, 0.3) is 11.8 Å². The lowest BCUT2D eigenvalue weighted by Gasteiger charge is -2.11. The molecule has 0 atom stereocenters. The average Bonchev–Trinajstić information content (AvgIpc) is 3.64. The first-order valence-corrected chi connectivity index (χ1v) is 16.9. The zero-order valence-electron chi connectivity index (χ0n) is 27.5. The van der Waals surface area contributed by atoms with Crippen LogP contribution in [-0.2, 0) is 9.59 Å². The molecule has 0 aliphatic carbocycles. The van der Waals surface area contributed by atoms with Crippen molar-refractivity contribution in [2.45, 2.75) is 4.90 Å². The van der Waals surface area contributed by atoms with Gasteiger partial charge in [-0.1, -0.05) is 48.5 Å². The quantitative estimate of drug-likeness (QED) is 0.0816. The molecule has 6 rings (SSSR count). The minimum atomic E-state index is -0.547. The van der Waals surface area contributed by atoms with E-state index in [1.165, 1.54) is 17.8 Å². The summed E-state index contributed by atoms with van der Waals surface area (Å²) in [7, 11) is 1.58. The number of carbonyl (C=O) groups is 3. The number of anilines is 2. The van der Waals surface area contributed by atoms with Crippen LogP contribution in [0.15, 0.2) is 161 Å². The molecule has 6 aromatic rings. The smallest absolute Gasteiger partial charge is 0.272 e. The molecule has 0 aliphatic rings. The summed E-state index contributed by atoms with van der Waals surface area (Å²) >= 11 is 1.36. The Morgan fingerprint density at radius 2 is 1.31 bits per heavy atom. The van der Waals surface area contributed by atoms with Crippen molar-refractivity contribution >= 4 is 46.9 Å². The summed E-state index contributed by atoms with van der Waals surface area (Å²) in [6.45, 7) is 0. The van der Waals surface area contributed by atoms with E-state index in [9.17, 15) is 14.4 Å². The molecule has 0 spiro atoms. The lowest BCUT2D eigenvalue weighted by atomic mass is 10.1. The van der Waals surface area contributed by atoms with Gasteiger partial charge < -0.3 is 29.8 Å². The third kappa shape index (κ3) is 9.56. The van der Waals surface area contributed by atoms with Crippen LogP contribution in [-0.4, -0.2) is 30.6 Å². The number of nitrogens with one attached hydrogen (secondary N) is 3. The van der Waals surface area contributed by atoms with Crippen molar-refractivity contribution < 1.29 is 28.3 Å². The van der Waals surface area contributed by atoms with Crippen LogP contribution in [0.3, 0.4) is 0 Å². The van der Waals surface area contributed by atoms with Crippen molar-refractivity contribution in [3.63, 3.8) is 0 Å². The number of benzene rings is 5. The second-order valence-corrected chi connectivity index (χ2v) is 12.1. The van der Waals surface area contributed by atoms with Crippen molar-refractivity contribution in [2.24, 2.45) is 0 Å². The fourth-order valence-corrected chi connectivity index (χ4v) is 5.62. The predicted octanol–water partition coefficient (Wildman–Crippen LogP) is 8.89. The number of hydrogen-bond donors (Lipinski definition) is 3. The highest BCUT2D eigenvalue weighted by Gasteiger charge is 2.17. The third-order valence-electron chi connectivity index (χ3n) is 7.41. The number of thioether (sulfide) groups is 1. The maximum absolute atomic E-state index is 13.5. The number of ether oxygens (including phenoxy) is 2. The highest BCUT2D eigenvalue weighted by Crippen LogP contribution is 2.31. The van der Waals surface area contributed by atoms with Crippen LogP contribution >= 0.6 is 11.8 Å². The number of rotatable bonds is 13. The number of amides is 3. The van der Waals surface area contributed by atoms with Crippen LogP contribution in [0.2, 0.25) is 0 Å². The molecule has 1 heterocycles. The Bertz CT molecular complexity index is 2130. The van der Waals surface area contributed by atoms with Crippen molar-refractivity contribution in [3.8, 4) is 28.6 Å². The van der Waals surface area contributed by atoms with Gasteiger partial charge in [0.15, 0.2) is 0 Å². The molecular weight excluding hydrogens is 663 g/mol. The van der Waals surface area contributed by atoms with E-state index in [0.717, 1.165) is 16.2 Å². The maximum Gasteiger partial charge on any atom is 0.272 e. The summed E-state index contributed by atoms with van der Waals surface area (Å²) in [6, 6.07) is 43.2. The highest BCUT2D eigenvalue weighted by molar-refractivity contribution is 8.00. The zero-order chi connectivity index (χ0) is 35.4. The largest absolute Gasteiger partial charge is 0.496 e. The lowest BCUT2D eigenvalue weighted by Crippen LogP contribution is -2.30. The fourth-order valence-electron chi connectivity index (χ4n) is 4.92. The van der Waals surface area contributed by atoms with Gasteiger partial charge in [-0.05, 0) is 97.1 Å². The van der Waals surface area contributed by atoms with E-state index in [1.807, 2.05) is 54.6 Å². The molecule has 9 nitrogen and oxygen atoms in total. The summed E-state index contributed by atoms with van der Waals surface area (Å²) in [6.07, 6.45) is 1.47. The van der Waals surface area contributed by atoms with Crippen LogP contribution in [0.1, 0.15) is 16.1 Å². The first-order chi connectivity index (χ1) is 24.9. The molecule has 1 aromatic heterocycles.